The van der Waals surface area contributed by atoms with Gasteiger partial charge < -0.3 is 0 Å². The van der Waals surface area contributed by atoms with Gasteiger partial charge in [-0.2, -0.15) is 0 Å². The Morgan fingerprint density at radius 3 is 1.53 bits per heavy atom. The van der Waals surface area contributed by atoms with Crippen molar-refractivity contribution in [3.63, 3.8) is 0 Å². The third kappa shape index (κ3) is 8.50. The molecule has 190 valence electrons. The fourth-order valence-corrected chi connectivity index (χ4v) is 19.7. The van der Waals surface area contributed by atoms with Crippen LogP contribution in [-0.2, 0) is 0 Å². The molecule has 0 spiro atoms. The maximum absolute atomic E-state index is 4.08. The van der Waals surface area contributed by atoms with Gasteiger partial charge in [-0.1, -0.05) is 0 Å². The van der Waals surface area contributed by atoms with E-state index < -0.39 is 18.4 Å². The molecule has 0 amide bonds. The number of hydrogen-bond donors (Lipinski definition) is 0. The van der Waals surface area contributed by atoms with Gasteiger partial charge in [-0.25, -0.2) is 0 Å². The van der Waals surface area contributed by atoms with Crippen LogP contribution in [0.2, 0.25) is 13.3 Å². The molecule has 3 rings (SSSR count). The van der Waals surface area contributed by atoms with Crippen molar-refractivity contribution in [3.8, 4) is 9.86 Å². The quantitative estimate of drug-likeness (QED) is 0.179. The van der Waals surface area contributed by atoms with Crippen molar-refractivity contribution in [1.82, 2.24) is 0 Å². The molecule has 0 aliphatic heterocycles. The summed E-state index contributed by atoms with van der Waals surface area (Å²) < 4.78 is 8.51. The zero-order valence-electron chi connectivity index (χ0n) is 22.8. The van der Waals surface area contributed by atoms with Gasteiger partial charge in [0.1, 0.15) is 0 Å². The normalized spacial score (nSPS) is 17.9. The Hall–Kier alpha value is -0.621. The summed E-state index contributed by atoms with van der Waals surface area (Å²) in [5, 5.41) is 0. The first-order valence-corrected chi connectivity index (χ1v) is 22.6. The summed E-state index contributed by atoms with van der Waals surface area (Å²) in [6.07, 6.45) is 22.3. The number of benzene rings is 1. The molecule has 0 heterocycles. The van der Waals surface area contributed by atoms with E-state index in [0.717, 1.165) is 12.1 Å². The predicted molar refractivity (Wildman–Crippen MR) is 154 cm³/mol. The molecule has 1 aromatic carbocycles. The second kappa shape index (κ2) is 15.5. The van der Waals surface area contributed by atoms with Crippen LogP contribution in [0.5, 0.6) is 0 Å². The standard InChI is InChI=1S/C20H26N.3C4H9.Sn/c1-2-17-13-15-20(16-14-17)21(18-9-5-3-6-10-18)19-11-7-4-8-12-19;3*1-3-4-2;/h13-16,18-19H,3-12H2;3*1,3-4H2,2H3;. The summed E-state index contributed by atoms with van der Waals surface area (Å²) in [5.74, 6) is 3.76. The van der Waals surface area contributed by atoms with Crippen LogP contribution in [0.3, 0.4) is 0 Å². The van der Waals surface area contributed by atoms with Crippen molar-refractivity contribution >= 4 is 24.1 Å². The molecule has 2 aliphatic rings. The summed E-state index contributed by atoms with van der Waals surface area (Å²) in [7, 11) is 0. The van der Waals surface area contributed by atoms with Crippen molar-refractivity contribution in [2.45, 2.75) is 149 Å². The first kappa shape index (κ1) is 28.0. The van der Waals surface area contributed by atoms with Crippen molar-refractivity contribution < 1.29 is 0 Å². The molecule has 2 saturated carbocycles. The second-order valence-corrected chi connectivity index (χ2v) is 23.7. The summed E-state index contributed by atoms with van der Waals surface area (Å²) in [6.45, 7) is 7.06. The van der Waals surface area contributed by atoms with Gasteiger partial charge in [0.05, 0.1) is 0 Å². The molecular formula is C32H53NSn. The molecule has 2 fully saturated rings. The average Bonchev–Trinajstić information content (AvgIpc) is 2.90. The van der Waals surface area contributed by atoms with Crippen molar-refractivity contribution in [3.05, 3.63) is 29.8 Å². The molecule has 34 heavy (non-hydrogen) atoms. The van der Waals surface area contributed by atoms with Crippen LogP contribution in [0.1, 0.15) is 129 Å². The van der Waals surface area contributed by atoms with Gasteiger partial charge in [0.2, 0.25) is 0 Å². The van der Waals surface area contributed by atoms with Crippen molar-refractivity contribution in [2.24, 2.45) is 0 Å². The van der Waals surface area contributed by atoms with Crippen LogP contribution in [-0.4, -0.2) is 30.5 Å². The van der Waals surface area contributed by atoms with Gasteiger partial charge in [-0.15, -0.1) is 0 Å². The summed E-state index contributed by atoms with van der Waals surface area (Å²) in [5.41, 5.74) is 2.74. The van der Waals surface area contributed by atoms with Gasteiger partial charge in [-0.05, 0) is 0 Å². The van der Waals surface area contributed by atoms with E-state index in [2.05, 4.69) is 59.8 Å². The fraction of sp³-hybridized carbons (Fsp3) is 0.750. The van der Waals surface area contributed by atoms with Gasteiger partial charge in [0, 0.05) is 0 Å². The van der Waals surface area contributed by atoms with Crippen LogP contribution in [0, 0.1) is 9.86 Å². The van der Waals surface area contributed by atoms with Crippen LogP contribution in [0.4, 0.5) is 5.69 Å². The Kier molecular flexibility index (Phi) is 12.7. The van der Waals surface area contributed by atoms with E-state index in [-0.39, 0.29) is 0 Å². The van der Waals surface area contributed by atoms with Crippen LogP contribution in [0.15, 0.2) is 24.3 Å². The summed E-state index contributed by atoms with van der Waals surface area (Å²) in [4.78, 5) is 2.86. The Morgan fingerprint density at radius 1 is 0.676 bits per heavy atom. The molecule has 0 aromatic heterocycles. The SMILES string of the molecule is CCC[CH2][Sn]([C]#Cc1ccc(N(C2CCCCC2)C2CCCCC2)cc1)([CH2]CCC)[CH2]CCC. The van der Waals surface area contributed by atoms with Gasteiger partial charge in [0.25, 0.3) is 0 Å². The topological polar surface area (TPSA) is 3.24 Å². The third-order valence-corrected chi connectivity index (χ3v) is 21.7. The van der Waals surface area contributed by atoms with Gasteiger partial charge >= 0.3 is 218 Å². The number of anilines is 1. The number of nitrogens with zero attached hydrogens (tertiary/aromatic N) is 1. The molecule has 1 aromatic rings. The Morgan fingerprint density at radius 2 is 1.12 bits per heavy atom. The Labute approximate surface area is 216 Å². The van der Waals surface area contributed by atoms with Crippen molar-refractivity contribution in [1.29, 1.82) is 0 Å². The minimum atomic E-state index is -2.38. The monoisotopic (exact) mass is 571 g/mol. The van der Waals surface area contributed by atoms with E-state index in [4.69, 9.17) is 0 Å². The van der Waals surface area contributed by atoms with Crippen LogP contribution >= 0.6 is 0 Å². The van der Waals surface area contributed by atoms with E-state index >= 15 is 0 Å². The Bertz CT molecular complexity index is 691. The molecule has 1 nitrogen and oxygen atoms in total. The second-order valence-electron chi connectivity index (χ2n) is 11.4. The predicted octanol–water partition coefficient (Wildman–Crippen LogP) is 9.90. The molecule has 0 unspecified atom stereocenters. The van der Waals surface area contributed by atoms with Crippen LogP contribution < -0.4 is 4.90 Å². The maximum atomic E-state index is 4.08. The molecule has 0 saturated heterocycles. The zero-order valence-corrected chi connectivity index (χ0v) is 25.7. The van der Waals surface area contributed by atoms with E-state index in [0.29, 0.717) is 0 Å². The Balaban J connectivity index is 1.80. The first-order chi connectivity index (χ1) is 16.7. The van der Waals surface area contributed by atoms with E-state index in [1.54, 1.807) is 0 Å². The summed E-state index contributed by atoms with van der Waals surface area (Å²) in [6, 6.07) is 11.1. The third-order valence-electron chi connectivity index (χ3n) is 8.60. The van der Waals surface area contributed by atoms with Crippen molar-refractivity contribution in [2.75, 3.05) is 4.90 Å². The number of unbranched alkanes of at least 4 members (excludes halogenated alkanes) is 3. The average molecular weight is 570 g/mol. The first-order valence-electron chi connectivity index (χ1n) is 15.1. The zero-order chi connectivity index (χ0) is 24.1. The van der Waals surface area contributed by atoms with Gasteiger partial charge in [0.15, 0.2) is 0 Å². The minimum absolute atomic E-state index is 0.759. The van der Waals surface area contributed by atoms with Crippen LogP contribution in [0.25, 0.3) is 0 Å². The molecule has 0 atom stereocenters. The molecule has 2 heteroatoms. The fourth-order valence-electron chi connectivity index (χ4n) is 6.47. The number of rotatable bonds is 12. The summed E-state index contributed by atoms with van der Waals surface area (Å²) >= 11 is -2.38. The molecular weight excluding hydrogens is 517 g/mol. The molecule has 0 N–H and O–H groups in total. The van der Waals surface area contributed by atoms with E-state index in [1.807, 2.05) is 0 Å². The molecule has 2 aliphatic carbocycles. The molecule has 0 bridgehead atoms. The number of hydrogen-bond acceptors (Lipinski definition) is 1. The molecule has 0 radical (unpaired) electrons. The van der Waals surface area contributed by atoms with E-state index in [1.165, 1.54) is 127 Å². The van der Waals surface area contributed by atoms with E-state index in [9.17, 15) is 0 Å². The van der Waals surface area contributed by atoms with Gasteiger partial charge in [-0.3, -0.25) is 0 Å².